The molecule has 6 rings (SSSR count). The summed E-state index contributed by atoms with van der Waals surface area (Å²) in [5, 5.41) is 13.4. The van der Waals surface area contributed by atoms with Crippen LogP contribution in [0.4, 0.5) is 0 Å². The summed E-state index contributed by atoms with van der Waals surface area (Å²) in [6.07, 6.45) is 6.34. The van der Waals surface area contributed by atoms with E-state index in [1.54, 1.807) is 46.1 Å². The number of carbonyl (C=O) groups is 3. The molecule has 4 heterocycles. The summed E-state index contributed by atoms with van der Waals surface area (Å²) in [5.74, 6) is 0.357. The minimum absolute atomic E-state index is 0.0262. The van der Waals surface area contributed by atoms with Gasteiger partial charge in [-0.05, 0) is 49.7 Å². The normalized spacial score (nSPS) is 15.4. The van der Waals surface area contributed by atoms with E-state index in [9.17, 15) is 14.4 Å². The van der Waals surface area contributed by atoms with Crippen LogP contribution in [0, 0.1) is 0 Å². The number of aromatic nitrogens is 3. The number of aromatic carboxylic acids is 1. The molecule has 1 amide bonds. The highest BCUT2D eigenvalue weighted by Crippen LogP contribution is 2.43. The van der Waals surface area contributed by atoms with Crippen molar-refractivity contribution < 1.29 is 33.7 Å². The van der Waals surface area contributed by atoms with Gasteiger partial charge in [0.25, 0.3) is 5.91 Å². The Bertz CT molecular complexity index is 1740. The molecular formula is C34H34N4O7. The fourth-order valence-electron chi connectivity index (χ4n) is 6.03. The van der Waals surface area contributed by atoms with E-state index in [2.05, 4.69) is 10.1 Å². The summed E-state index contributed by atoms with van der Waals surface area (Å²) in [4.78, 5) is 44.1. The largest absolute Gasteiger partial charge is 0.493 e. The van der Waals surface area contributed by atoms with Crippen LogP contribution in [-0.4, -0.2) is 74.3 Å². The minimum atomic E-state index is -1.10. The quantitative estimate of drug-likeness (QED) is 0.283. The molecule has 1 spiro atoms. The molecule has 0 atom stereocenters. The van der Waals surface area contributed by atoms with Gasteiger partial charge in [-0.3, -0.25) is 14.3 Å². The van der Waals surface area contributed by atoms with Crippen LogP contribution < -0.4 is 14.2 Å². The fraction of sp³-hybridized carbons (Fsp3) is 0.324. The molecule has 0 radical (unpaired) electrons. The van der Waals surface area contributed by atoms with Crippen LogP contribution in [0.2, 0.25) is 0 Å². The molecule has 11 nitrogen and oxygen atoms in total. The lowest BCUT2D eigenvalue weighted by Gasteiger charge is -2.44. The number of nitrogens with zero attached hydrogens (tertiary/aromatic N) is 4. The molecule has 1 fully saturated rings. The van der Waals surface area contributed by atoms with Gasteiger partial charge in [0.1, 0.15) is 28.5 Å². The standard InChI is InChI=1S/C34H34N4O7/c1-4-43-29-15-23(16-30(44-5-2)31(29)24-19-36-37(3)20-24)32(40)38-12-10-34(11-13-38)17-27(39)25-14-21(7-9-28(25)45-34)22-6-8-26(33(41)42)35-18-22/h6-9,14-16,18-20H,4-5,10-13,17H2,1-3H3,(H,41,42). The second-order valence-electron chi connectivity index (χ2n) is 11.2. The van der Waals surface area contributed by atoms with Crippen molar-refractivity contribution in [2.75, 3.05) is 26.3 Å². The maximum atomic E-state index is 13.8. The molecule has 2 aliphatic rings. The van der Waals surface area contributed by atoms with E-state index in [1.807, 2.05) is 33.2 Å². The van der Waals surface area contributed by atoms with Crippen molar-refractivity contribution in [1.82, 2.24) is 19.7 Å². The third kappa shape index (κ3) is 5.85. The van der Waals surface area contributed by atoms with Crippen molar-refractivity contribution in [3.05, 3.63) is 77.9 Å². The van der Waals surface area contributed by atoms with Crippen molar-refractivity contribution in [2.45, 2.75) is 38.7 Å². The lowest BCUT2D eigenvalue weighted by atomic mass is 9.82. The van der Waals surface area contributed by atoms with E-state index in [4.69, 9.17) is 19.3 Å². The molecular weight excluding hydrogens is 576 g/mol. The molecule has 0 bridgehead atoms. The first-order chi connectivity index (χ1) is 21.7. The van der Waals surface area contributed by atoms with Crippen LogP contribution >= 0.6 is 0 Å². The predicted molar refractivity (Wildman–Crippen MR) is 165 cm³/mol. The third-order valence-electron chi connectivity index (χ3n) is 8.27. The Hall–Kier alpha value is -5.19. The van der Waals surface area contributed by atoms with Gasteiger partial charge in [-0.1, -0.05) is 12.1 Å². The third-order valence-corrected chi connectivity index (χ3v) is 8.27. The summed E-state index contributed by atoms with van der Waals surface area (Å²) >= 11 is 0. The van der Waals surface area contributed by atoms with Crippen LogP contribution in [0.25, 0.3) is 22.3 Å². The first-order valence-corrected chi connectivity index (χ1v) is 15.0. The average Bonchev–Trinajstić information content (AvgIpc) is 3.46. The molecule has 4 aromatic rings. The maximum absolute atomic E-state index is 13.8. The number of aryl methyl sites for hydroxylation is 1. The summed E-state index contributed by atoms with van der Waals surface area (Å²) in [5.41, 5.74) is 3.26. The van der Waals surface area contributed by atoms with E-state index in [1.165, 1.54) is 12.3 Å². The van der Waals surface area contributed by atoms with Crippen LogP contribution in [0.3, 0.4) is 0 Å². The van der Waals surface area contributed by atoms with Crippen LogP contribution in [-0.2, 0) is 7.05 Å². The highest BCUT2D eigenvalue weighted by atomic mass is 16.5. The number of benzene rings is 2. The molecule has 232 valence electrons. The molecule has 1 N–H and O–H groups in total. The Kier molecular flexibility index (Phi) is 8.01. The number of hydrogen-bond acceptors (Lipinski definition) is 8. The Morgan fingerprint density at radius 2 is 1.64 bits per heavy atom. The average molecular weight is 611 g/mol. The Morgan fingerprint density at radius 1 is 0.956 bits per heavy atom. The Balaban J connectivity index is 1.19. The highest BCUT2D eigenvalue weighted by Gasteiger charge is 2.44. The van der Waals surface area contributed by atoms with Crippen molar-refractivity contribution >= 4 is 17.7 Å². The summed E-state index contributed by atoms with van der Waals surface area (Å²) in [7, 11) is 1.84. The van der Waals surface area contributed by atoms with Gasteiger partial charge in [0, 0.05) is 62.1 Å². The number of piperidine rings is 1. The lowest BCUT2D eigenvalue weighted by Crippen LogP contribution is -2.52. The first kappa shape index (κ1) is 29.9. The van der Waals surface area contributed by atoms with Gasteiger partial charge in [-0.2, -0.15) is 5.10 Å². The van der Waals surface area contributed by atoms with Crippen molar-refractivity contribution in [1.29, 1.82) is 0 Å². The zero-order chi connectivity index (χ0) is 31.7. The summed E-state index contributed by atoms with van der Waals surface area (Å²) < 4.78 is 20.1. The lowest BCUT2D eigenvalue weighted by molar-refractivity contribution is -0.00573. The molecule has 0 aliphatic carbocycles. The Labute approximate surface area is 260 Å². The van der Waals surface area contributed by atoms with Crippen LogP contribution in [0.5, 0.6) is 17.2 Å². The van der Waals surface area contributed by atoms with Gasteiger partial charge in [0.05, 0.1) is 37.0 Å². The summed E-state index contributed by atoms with van der Waals surface area (Å²) in [6, 6.07) is 12.0. The molecule has 2 aromatic carbocycles. The molecule has 0 saturated carbocycles. The van der Waals surface area contributed by atoms with E-state index in [0.29, 0.717) is 73.1 Å². The number of carboxylic acids is 1. The monoisotopic (exact) mass is 610 g/mol. The molecule has 11 heteroatoms. The number of carboxylic acid groups (broad SMARTS) is 1. The predicted octanol–water partition coefficient (Wildman–Crippen LogP) is 5.28. The molecule has 2 aromatic heterocycles. The molecule has 1 saturated heterocycles. The number of rotatable bonds is 8. The van der Waals surface area contributed by atoms with Gasteiger partial charge in [0.2, 0.25) is 0 Å². The first-order valence-electron chi connectivity index (χ1n) is 15.0. The SMILES string of the molecule is CCOc1cc(C(=O)N2CCC3(CC2)CC(=O)c2cc(-c4ccc(C(=O)O)nc4)ccc2O3)cc(OCC)c1-c1cnn(C)c1. The topological polar surface area (TPSA) is 133 Å². The molecule has 2 aliphatic heterocycles. The number of ether oxygens (including phenoxy) is 3. The number of ketones is 1. The zero-order valence-corrected chi connectivity index (χ0v) is 25.4. The maximum Gasteiger partial charge on any atom is 0.354 e. The van der Waals surface area contributed by atoms with E-state index in [-0.39, 0.29) is 23.8 Å². The number of Topliss-reactive ketones (excluding diaryl/α,β-unsaturated/α-hetero) is 1. The fourth-order valence-corrected chi connectivity index (χ4v) is 6.03. The second kappa shape index (κ2) is 12.1. The minimum Gasteiger partial charge on any atom is -0.493 e. The smallest absolute Gasteiger partial charge is 0.354 e. The van der Waals surface area contributed by atoms with Crippen molar-refractivity contribution in [3.63, 3.8) is 0 Å². The number of amides is 1. The number of pyridine rings is 1. The van der Waals surface area contributed by atoms with Gasteiger partial charge in [-0.25, -0.2) is 9.78 Å². The van der Waals surface area contributed by atoms with Crippen molar-refractivity contribution in [3.8, 4) is 39.5 Å². The van der Waals surface area contributed by atoms with Gasteiger partial charge in [-0.15, -0.1) is 0 Å². The number of hydrogen-bond donors (Lipinski definition) is 1. The van der Waals surface area contributed by atoms with Crippen LogP contribution in [0.1, 0.15) is 64.3 Å². The number of fused-ring (bicyclic) bond motifs is 1. The van der Waals surface area contributed by atoms with E-state index < -0.39 is 11.6 Å². The van der Waals surface area contributed by atoms with Gasteiger partial charge >= 0.3 is 5.97 Å². The molecule has 0 unspecified atom stereocenters. The zero-order valence-electron chi connectivity index (χ0n) is 25.4. The van der Waals surface area contributed by atoms with Crippen LogP contribution in [0.15, 0.2) is 61.1 Å². The summed E-state index contributed by atoms with van der Waals surface area (Å²) in [6.45, 7) is 5.49. The van der Waals surface area contributed by atoms with E-state index in [0.717, 1.165) is 16.7 Å². The number of likely N-dealkylation sites (tertiary alicyclic amines) is 1. The highest BCUT2D eigenvalue weighted by molar-refractivity contribution is 6.02. The van der Waals surface area contributed by atoms with Crippen molar-refractivity contribution in [2.24, 2.45) is 7.05 Å². The Morgan fingerprint density at radius 3 is 2.22 bits per heavy atom. The second-order valence-corrected chi connectivity index (χ2v) is 11.2. The molecule has 45 heavy (non-hydrogen) atoms. The van der Waals surface area contributed by atoms with Gasteiger partial charge < -0.3 is 24.2 Å². The van der Waals surface area contributed by atoms with E-state index >= 15 is 0 Å². The number of carbonyl (C=O) groups excluding carboxylic acids is 2. The van der Waals surface area contributed by atoms with Gasteiger partial charge in [0.15, 0.2) is 5.78 Å².